The molecule has 1 aromatic heterocycles. The monoisotopic (exact) mass is 321 g/mol. The highest BCUT2D eigenvalue weighted by atomic mass is 32.2. The fourth-order valence-corrected chi connectivity index (χ4v) is 2.12. The number of hydrogen-bond donors (Lipinski definition) is 2. The molecule has 0 saturated heterocycles. The van der Waals surface area contributed by atoms with Crippen LogP contribution in [0.15, 0.2) is 11.2 Å². The third-order valence-corrected chi connectivity index (χ3v) is 2.93. The fourth-order valence-electron chi connectivity index (χ4n) is 1.40. The lowest BCUT2D eigenvalue weighted by molar-refractivity contribution is -0.275. The average molecular weight is 321 g/mol. The maximum Gasteiger partial charge on any atom is 0.573 e. The van der Waals surface area contributed by atoms with E-state index < -0.39 is 51.3 Å². The van der Waals surface area contributed by atoms with Crippen molar-refractivity contribution in [1.29, 1.82) is 0 Å². The molecular weight excluding hydrogens is 313 g/mol. The largest absolute Gasteiger partial charge is 0.573 e. The highest BCUT2D eigenvalue weighted by molar-refractivity contribution is 7.89. The lowest BCUT2D eigenvalue weighted by atomic mass is 10.1. The third-order valence-electron chi connectivity index (χ3n) is 2.07. The lowest BCUT2D eigenvalue weighted by Gasteiger charge is -2.16. The normalized spacial score (nSPS) is 12.8. The second kappa shape index (κ2) is 5.46. The van der Waals surface area contributed by atoms with Crippen molar-refractivity contribution >= 4 is 10.0 Å². The second-order valence-corrected chi connectivity index (χ2v) is 4.89. The smallest absolute Gasteiger partial charge is 0.404 e. The number of sulfonamides is 1. The van der Waals surface area contributed by atoms with Gasteiger partial charge in [0.05, 0.1) is 11.8 Å². The summed E-state index contributed by atoms with van der Waals surface area (Å²) >= 11 is 0. The molecule has 0 saturated carbocycles. The van der Waals surface area contributed by atoms with Crippen LogP contribution >= 0.6 is 0 Å². The van der Waals surface area contributed by atoms with Gasteiger partial charge in [0.25, 0.3) is 16.4 Å². The molecule has 1 aromatic rings. The zero-order valence-corrected chi connectivity index (χ0v) is 10.3. The van der Waals surface area contributed by atoms with Crippen LogP contribution in [0.2, 0.25) is 0 Å². The van der Waals surface area contributed by atoms with Crippen molar-refractivity contribution in [3.05, 3.63) is 17.3 Å². The number of nitrogens with two attached hydrogens (primary N) is 2. The van der Waals surface area contributed by atoms with Crippen molar-refractivity contribution in [2.45, 2.75) is 24.4 Å². The van der Waals surface area contributed by atoms with E-state index in [2.05, 4.69) is 14.9 Å². The number of ether oxygens (including phenoxy) is 1. The molecule has 0 aliphatic carbocycles. The van der Waals surface area contributed by atoms with E-state index in [0.29, 0.717) is 6.20 Å². The van der Waals surface area contributed by atoms with Crippen LogP contribution in [0.25, 0.3) is 0 Å². The van der Waals surface area contributed by atoms with Crippen LogP contribution < -0.4 is 15.6 Å². The van der Waals surface area contributed by atoms with Crippen LogP contribution in [0.4, 0.5) is 22.0 Å². The minimum absolute atomic E-state index is 0.321. The molecule has 1 rings (SSSR count). The highest BCUT2D eigenvalue weighted by Gasteiger charge is 2.35. The summed E-state index contributed by atoms with van der Waals surface area (Å²) in [4.78, 5) is 2.99. The Morgan fingerprint density at radius 1 is 1.35 bits per heavy atom. The number of hydrogen-bond acceptors (Lipinski definition) is 5. The van der Waals surface area contributed by atoms with Crippen molar-refractivity contribution in [3.63, 3.8) is 0 Å². The molecule has 0 aromatic carbocycles. The Labute approximate surface area is 109 Å². The molecule has 12 heteroatoms. The molecule has 114 valence electrons. The SMILES string of the molecule is NCc1c(OC(F)(F)F)cnc(S(N)(=O)=O)c1C(F)F. The van der Waals surface area contributed by atoms with Gasteiger partial charge in [0, 0.05) is 12.1 Å². The summed E-state index contributed by atoms with van der Waals surface area (Å²) in [5, 5.41) is 3.42. The summed E-state index contributed by atoms with van der Waals surface area (Å²) in [5.74, 6) is -1.11. The van der Waals surface area contributed by atoms with E-state index in [-0.39, 0.29) is 0 Å². The van der Waals surface area contributed by atoms with Crippen LogP contribution in [-0.4, -0.2) is 19.8 Å². The molecule has 0 bridgehead atoms. The maximum atomic E-state index is 12.9. The molecule has 20 heavy (non-hydrogen) atoms. The van der Waals surface area contributed by atoms with Gasteiger partial charge in [-0.3, -0.25) is 0 Å². The standard InChI is InChI=1S/C8H8F5N3O3S/c9-6(10)5-3(1-14)4(19-8(11,12)13)2-16-7(5)20(15,17)18/h2,6H,1,14H2,(H2,15,17,18). The van der Waals surface area contributed by atoms with E-state index in [9.17, 15) is 30.4 Å². The minimum atomic E-state index is -5.17. The van der Waals surface area contributed by atoms with Gasteiger partial charge in [-0.25, -0.2) is 27.3 Å². The highest BCUT2D eigenvalue weighted by Crippen LogP contribution is 2.35. The molecule has 0 unspecified atom stereocenters. The Balaban J connectivity index is 3.59. The number of rotatable bonds is 4. The summed E-state index contributed by atoms with van der Waals surface area (Å²) < 4.78 is 87.7. The number of nitrogens with zero attached hydrogens (tertiary/aromatic N) is 1. The van der Waals surface area contributed by atoms with Gasteiger partial charge in [-0.15, -0.1) is 13.2 Å². The molecule has 0 radical (unpaired) electrons. The second-order valence-electron chi connectivity index (χ2n) is 3.42. The lowest BCUT2D eigenvalue weighted by Crippen LogP contribution is -2.23. The van der Waals surface area contributed by atoms with Crippen LogP contribution in [0.1, 0.15) is 17.6 Å². The minimum Gasteiger partial charge on any atom is -0.404 e. The molecule has 0 aliphatic rings. The van der Waals surface area contributed by atoms with E-state index in [1.54, 1.807) is 0 Å². The van der Waals surface area contributed by atoms with Gasteiger partial charge < -0.3 is 10.5 Å². The number of pyridine rings is 1. The van der Waals surface area contributed by atoms with Gasteiger partial charge in [-0.2, -0.15) is 0 Å². The summed E-state index contributed by atoms with van der Waals surface area (Å²) in [6, 6.07) is 0. The molecule has 4 N–H and O–H groups in total. The van der Waals surface area contributed by atoms with Gasteiger partial charge >= 0.3 is 6.36 Å². The Morgan fingerprint density at radius 2 is 1.90 bits per heavy atom. The van der Waals surface area contributed by atoms with Gasteiger partial charge in [0.1, 0.15) is 0 Å². The third kappa shape index (κ3) is 3.74. The number of alkyl halides is 5. The molecule has 0 aliphatic heterocycles. The van der Waals surface area contributed by atoms with Gasteiger partial charge in [0.2, 0.25) is 0 Å². The first-order chi connectivity index (χ1) is 8.97. The number of halogens is 5. The number of aromatic nitrogens is 1. The molecule has 0 amide bonds. The topological polar surface area (TPSA) is 108 Å². The zero-order chi connectivity index (χ0) is 15.7. The van der Waals surface area contributed by atoms with Crippen LogP contribution in [0.3, 0.4) is 0 Å². The van der Waals surface area contributed by atoms with E-state index in [1.165, 1.54) is 0 Å². The van der Waals surface area contributed by atoms with Crippen molar-refractivity contribution < 1.29 is 35.1 Å². The first kappa shape index (κ1) is 16.5. The van der Waals surface area contributed by atoms with Crippen molar-refractivity contribution in [2.75, 3.05) is 0 Å². The van der Waals surface area contributed by atoms with E-state index in [1.807, 2.05) is 0 Å². The van der Waals surface area contributed by atoms with Crippen LogP contribution in [0.5, 0.6) is 5.75 Å². The summed E-state index contributed by atoms with van der Waals surface area (Å²) in [5.41, 5.74) is 2.93. The molecule has 0 atom stereocenters. The molecule has 0 fully saturated rings. The Bertz CT molecular complexity index is 602. The van der Waals surface area contributed by atoms with E-state index >= 15 is 0 Å². The van der Waals surface area contributed by atoms with Crippen molar-refractivity contribution in [1.82, 2.24) is 4.98 Å². The maximum absolute atomic E-state index is 12.9. The molecule has 6 nitrogen and oxygen atoms in total. The Morgan fingerprint density at radius 3 is 2.25 bits per heavy atom. The molecular formula is C8H8F5N3O3S. The first-order valence-corrected chi connectivity index (χ1v) is 6.30. The molecule has 1 heterocycles. The quantitative estimate of drug-likeness (QED) is 0.805. The fraction of sp³-hybridized carbons (Fsp3) is 0.375. The number of primary sulfonamides is 1. The van der Waals surface area contributed by atoms with Gasteiger partial charge in [0.15, 0.2) is 10.8 Å². The summed E-state index contributed by atoms with van der Waals surface area (Å²) in [7, 11) is -4.66. The predicted octanol–water partition coefficient (Wildman–Crippen LogP) is 1.02. The Kier molecular flexibility index (Phi) is 4.51. The van der Waals surface area contributed by atoms with E-state index in [0.717, 1.165) is 0 Å². The zero-order valence-electron chi connectivity index (χ0n) is 9.49. The van der Waals surface area contributed by atoms with Crippen molar-refractivity contribution in [3.8, 4) is 5.75 Å². The van der Waals surface area contributed by atoms with E-state index in [4.69, 9.17) is 5.73 Å². The van der Waals surface area contributed by atoms with Crippen LogP contribution in [0, 0.1) is 0 Å². The average Bonchev–Trinajstić information content (AvgIpc) is 2.24. The summed E-state index contributed by atoms with van der Waals surface area (Å²) in [6.07, 6.45) is -8.30. The molecule has 0 spiro atoms. The van der Waals surface area contributed by atoms with Crippen LogP contribution in [-0.2, 0) is 16.6 Å². The van der Waals surface area contributed by atoms with Crippen molar-refractivity contribution in [2.24, 2.45) is 10.9 Å². The predicted molar refractivity (Wildman–Crippen MR) is 55.1 cm³/mol. The summed E-state index contributed by atoms with van der Waals surface area (Å²) in [6.45, 7) is -0.823. The van der Waals surface area contributed by atoms with Gasteiger partial charge in [-0.1, -0.05) is 0 Å². The van der Waals surface area contributed by atoms with Gasteiger partial charge in [-0.05, 0) is 0 Å². The first-order valence-electron chi connectivity index (χ1n) is 4.76. The Hall–Kier alpha value is -1.53.